The third-order valence-electron chi connectivity index (χ3n) is 6.61. The van der Waals surface area contributed by atoms with E-state index in [0.717, 1.165) is 12.1 Å². The summed E-state index contributed by atoms with van der Waals surface area (Å²) in [7, 11) is 0. The topological polar surface area (TPSA) is 312 Å². The molecular weight excluding hydrogens is 672 g/mol. The number of carboxylic acid groups (broad SMARTS) is 5. The minimum Gasteiger partial charge on any atom is -0.478 e. The fraction of sp³-hybridized carbons (Fsp3) is 0.0645. The normalized spacial score (nSPS) is 10.5. The number of anilines is 8. The first-order valence-corrected chi connectivity index (χ1v) is 14.3. The Kier molecular flexibility index (Phi) is 9.59. The molecule has 2 heterocycles. The van der Waals surface area contributed by atoms with Crippen LogP contribution in [0, 0.1) is 13.8 Å². The zero-order valence-electron chi connectivity index (χ0n) is 26.2. The molecule has 5 aromatic rings. The first-order valence-electron chi connectivity index (χ1n) is 14.3. The van der Waals surface area contributed by atoms with E-state index in [1.165, 1.54) is 56.3 Å². The number of aromatic carboxylic acids is 5. The van der Waals surface area contributed by atoms with Crippen LogP contribution < -0.4 is 21.3 Å². The van der Waals surface area contributed by atoms with Gasteiger partial charge in [-0.3, -0.25) is 0 Å². The molecule has 20 nitrogen and oxygen atoms in total. The number of hydrogen-bond acceptors (Lipinski definition) is 15. The molecule has 0 saturated heterocycles. The quantitative estimate of drug-likeness (QED) is 0.0835. The van der Waals surface area contributed by atoms with E-state index in [9.17, 15) is 49.5 Å². The van der Waals surface area contributed by atoms with Crippen molar-refractivity contribution in [3.8, 4) is 0 Å². The Morgan fingerprint density at radius 3 is 1.14 bits per heavy atom. The lowest BCUT2D eigenvalue weighted by atomic mass is 10.1. The first kappa shape index (κ1) is 34.6. The zero-order chi connectivity index (χ0) is 37.0. The smallest absolute Gasteiger partial charge is 0.337 e. The maximum atomic E-state index is 12.3. The van der Waals surface area contributed by atoms with E-state index in [1.807, 2.05) is 0 Å². The Bertz CT molecular complexity index is 2200. The Hall–Kier alpha value is -7.77. The molecule has 258 valence electrons. The van der Waals surface area contributed by atoms with Crippen molar-refractivity contribution >= 4 is 76.4 Å². The van der Waals surface area contributed by atoms with Crippen molar-refractivity contribution in [2.75, 3.05) is 21.3 Å². The number of benzene rings is 3. The summed E-state index contributed by atoms with van der Waals surface area (Å²) in [6.45, 7) is 3.06. The summed E-state index contributed by atoms with van der Waals surface area (Å²) in [5.41, 5.74) is -0.933. The summed E-state index contributed by atoms with van der Waals surface area (Å²) in [5, 5.41) is 58.6. The third-order valence-corrected chi connectivity index (χ3v) is 6.61. The van der Waals surface area contributed by atoms with Crippen molar-refractivity contribution in [3.05, 3.63) is 94.1 Å². The molecule has 5 rings (SSSR count). The number of carbonyl (C=O) groups is 5. The summed E-state index contributed by atoms with van der Waals surface area (Å²) >= 11 is 0. The molecule has 3 aromatic carbocycles. The zero-order valence-corrected chi connectivity index (χ0v) is 26.2. The fourth-order valence-corrected chi connectivity index (χ4v) is 4.50. The first-order chi connectivity index (χ1) is 24.1. The van der Waals surface area contributed by atoms with Crippen LogP contribution in [0.3, 0.4) is 0 Å². The van der Waals surface area contributed by atoms with Gasteiger partial charge in [0.15, 0.2) is 0 Å². The largest absolute Gasteiger partial charge is 0.478 e. The highest BCUT2D eigenvalue weighted by Gasteiger charge is 2.17. The summed E-state index contributed by atoms with van der Waals surface area (Å²) in [5.74, 6) is -6.61. The lowest BCUT2D eigenvalue weighted by molar-refractivity contribution is 0.0676. The van der Waals surface area contributed by atoms with E-state index >= 15 is 0 Å². The molecule has 2 aromatic heterocycles. The molecule has 0 spiro atoms. The van der Waals surface area contributed by atoms with Gasteiger partial charge in [0, 0.05) is 17.1 Å². The second-order valence-corrected chi connectivity index (χ2v) is 10.4. The summed E-state index contributed by atoms with van der Waals surface area (Å²) in [4.78, 5) is 83.3. The second-order valence-electron chi connectivity index (χ2n) is 10.4. The third kappa shape index (κ3) is 8.58. The highest BCUT2D eigenvalue weighted by molar-refractivity contribution is 5.97. The summed E-state index contributed by atoms with van der Waals surface area (Å²) in [6, 6.07) is 10.9. The number of nitrogens with zero attached hydrogens (tertiary/aromatic N) is 6. The molecule has 0 atom stereocenters. The monoisotopic (exact) mass is 696 g/mol. The van der Waals surface area contributed by atoms with Crippen LogP contribution in [-0.4, -0.2) is 85.3 Å². The van der Waals surface area contributed by atoms with E-state index in [1.54, 1.807) is 0 Å². The number of hydrogen-bond donors (Lipinski definition) is 9. The SMILES string of the molecule is Cc1nc(Nc2cc(C(=O)O)cc(C(=O)O)c2)nc(Nc2ccc(Nc3nc(C)nc(Nc4cc(C(=O)O)cc(C(=O)O)c4)n3)c(C(=O)O)c2)n1. The number of aromatic nitrogens is 6. The van der Waals surface area contributed by atoms with Gasteiger partial charge in [-0.2, -0.15) is 29.9 Å². The molecule has 0 unspecified atom stereocenters. The van der Waals surface area contributed by atoms with Crippen LogP contribution in [0.2, 0.25) is 0 Å². The molecule has 0 saturated carbocycles. The van der Waals surface area contributed by atoms with Gasteiger partial charge in [0.25, 0.3) is 0 Å². The Morgan fingerprint density at radius 1 is 0.431 bits per heavy atom. The van der Waals surface area contributed by atoms with Crippen LogP contribution in [0.4, 0.5) is 46.5 Å². The molecule has 0 aliphatic rings. The van der Waals surface area contributed by atoms with Crippen LogP contribution in [0.15, 0.2) is 54.6 Å². The highest BCUT2D eigenvalue weighted by Crippen LogP contribution is 2.27. The molecule has 0 bridgehead atoms. The lowest BCUT2D eigenvalue weighted by Gasteiger charge is -2.13. The van der Waals surface area contributed by atoms with Gasteiger partial charge < -0.3 is 46.8 Å². The average Bonchev–Trinajstić information content (AvgIpc) is 3.04. The van der Waals surface area contributed by atoms with Gasteiger partial charge in [0.1, 0.15) is 11.6 Å². The molecular formula is C31H24N10O10. The van der Waals surface area contributed by atoms with Gasteiger partial charge in [-0.15, -0.1) is 0 Å². The predicted octanol–water partition coefficient (Wildman–Crippen LogP) is 4.14. The molecule has 0 amide bonds. The molecule has 0 fully saturated rings. The number of aryl methyl sites for hydroxylation is 2. The molecule has 0 aliphatic heterocycles. The Balaban J connectivity index is 1.38. The molecule has 20 heteroatoms. The van der Waals surface area contributed by atoms with Gasteiger partial charge in [-0.05, 0) is 68.4 Å². The minimum atomic E-state index is -1.35. The van der Waals surface area contributed by atoms with Crippen molar-refractivity contribution in [1.82, 2.24) is 29.9 Å². The van der Waals surface area contributed by atoms with Gasteiger partial charge in [0.05, 0.1) is 33.5 Å². The van der Waals surface area contributed by atoms with E-state index < -0.39 is 29.8 Å². The summed E-state index contributed by atoms with van der Waals surface area (Å²) < 4.78 is 0. The highest BCUT2D eigenvalue weighted by atomic mass is 16.4. The Morgan fingerprint density at radius 2 is 0.784 bits per heavy atom. The average molecular weight is 697 g/mol. The van der Waals surface area contributed by atoms with Crippen molar-refractivity contribution in [1.29, 1.82) is 0 Å². The maximum Gasteiger partial charge on any atom is 0.337 e. The fourth-order valence-electron chi connectivity index (χ4n) is 4.50. The van der Waals surface area contributed by atoms with Crippen LogP contribution >= 0.6 is 0 Å². The molecule has 9 N–H and O–H groups in total. The number of nitrogens with one attached hydrogen (secondary N) is 4. The van der Waals surface area contributed by atoms with Crippen LogP contribution in [0.1, 0.15) is 63.4 Å². The van der Waals surface area contributed by atoms with Crippen molar-refractivity contribution in [2.24, 2.45) is 0 Å². The minimum absolute atomic E-state index is 0.0308. The number of rotatable bonds is 13. The van der Waals surface area contributed by atoms with Crippen LogP contribution in [-0.2, 0) is 0 Å². The molecule has 0 radical (unpaired) electrons. The van der Waals surface area contributed by atoms with Gasteiger partial charge in [-0.25, -0.2) is 24.0 Å². The molecule has 0 aliphatic carbocycles. The van der Waals surface area contributed by atoms with Crippen molar-refractivity contribution < 1.29 is 49.5 Å². The van der Waals surface area contributed by atoms with E-state index in [0.29, 0.717) is 0 Å². The van der Waals surface area contributed by atoms with E-state index in [2.05, 4.69) is 51.2 Å². The Labute approximate surface area is 285 Å². The molecule has 51 heavy (non-hydrogen) atoms. The van der Waals surface area contributed by atoms with Crippen molar-refractivity contribution in [3.63, 3.8) is 0 Å². The van der Waals surface area contributed by atoms with Gasteiger partial charge >= 0.3 is 29.8 Å². The standard InChI is InChI=1S/C31H24N10O10/c1-12-32-28(40-29(33-12)37-19-7-14(23(42)43)5-15(8-19)24(44)45)36-18-3-4-22(21(11-18)27(50)51)39-31-35-13(2)34-30(41-31)38-20-9-16(25(46)47)6-17(10-20)26(48)49/h3-11H,1-2H3,(H,42,43)(H,44,45)(H,46,47)(H,48,49)(H,50,51)(H2,32,33,36,37,40)(H2,34,35,38,39,41). The van der Waals surface area contributed by atoms with E-state index in [-0.39, 0.29) is 86.0 Å². The van der Waals surface area contributed by atoms with Crippen LogP contribution in [0.25, 0.3) is 0 Å². The maximum absolute atomic E-state index is 12.3. The number of carboxylic acids is 5. The second kappa shape index (κ2) is 14.1. The predicted molar refractivity (Wildman–Crippen MR) is 176 cm³/mol. The van der Waals surface area contributed by atoms with Crippen LogP contribution in [0.5, 0.6) is 0 Å². The summed E-state index contributed by atoms with van der Waals surface area (Å²) in [6.07, 6.45) is 0. The van der Waals surface area contributed by atoms with Crippen molar-refractivity contribution in [2.45, 2.75) is 13.8 Å². The van der Waals surface area contributed by atoms with E-state index in [4.69, 9.17) is 0 Å². The van der Waals surface area contributed by atoms with Gasteiger partial charge in [-0.1, -0.05) is 0 Å². The lowest BCUT2D eigenvalue weighted by Crippen LogP contribution is -2.10. The van der Waals surface area contributed by atoms with Gasteiger partial charge in [0.2, 0.25) is 23.8 Å².